The number of hydrogen-bond acceptors (Lipinski definition) is 4. The zero-order valence-electron chi connectivity index (χ0n) is 14.2. The lowest BCUT2D eigenvalue weighted by Crippen LogP contribution is -2.15. The van der Waals surface area contributed by atoms with E-state index in [1.165, 1.54) is 11.8 Å². The summed E-state index contributed by atoms with van der Waals surface area (Å²) in [5, 5.41) is 6.23. The van der Waals surface area contributed by atoms with E-state index in [0.717, 1.165) is 35.0 Å². The molecule has 0 radical (unpaired) electrons. The lowest BCUT2D eigenvalue weighted by atomic mass is 10.2. The minimum atomic E-state index is -0.00511. The second-order valence-electron chi connectivity index (χ2n) is 5.22. The summed E-state index contributed by atoms with van der Waals surface area (Å²) in [5.41, 5.74) is 2.00. The molecule has 0 aromatic heterocycles. The van der Waals surface area contributed by atoms with E-state index in [0.29, 0.717) is 12.4 Å². The molecule has 2 N–H and O–H groups in total. The van der Waals surface area contributed by atoms with Crippen LogP contribution in [0.4, 0.5) is 5.69 Å². The molecular weight excluding hydrogens is 320 g/mol. The first kappa shape index (κ1) is 18.4. The molecule has 0 aliphatic rings. The van der Waals surface area contributed by atoms with Crippen molar-refractivity contribution in [2.45, 2.75) is 25.3 Å². The second-order valence-corrected chi connectivity index (χ2v) is 6.27. The van der Waals surface area contributed by atoms with Crippen LogP contribution in [0.2, 0.25) is 0 Å². The number of carbonyl (C=O) groups excluding carboxylic acids is 1. The fourth-order valence-corrected chi connectivity index (χ4v) is 2.87. The summed E-state index contributed by atoms with van der Waals surface area (Å²) >= 11 is 1.51. The van der Waals surface area contributed by atoms with E-state index in [-0.39, 0.29) is 5.91 Å². The largest absolute Gasteiger partial charge is 0.494 e. The van der Waals surface area contributed by atoms with Crippen LogP contribution in [0.5, 0.6) is 5.75 Å². The predicted molar refractivity (Wildman–Crippen MR) is 101 cm³/mol. The molecule has 0 bridgehead atoms. The van der Waals surface area contributed by atoms with E-state index >= 15 is 0 Å². The molecule has 0 unspecified atom stereocenters. The lowest BCUT2D eigenvalue weighted by Gasteiger charge is -2.08. The molecule has 5 heteroatoms. The van der Waals surface area contributed by atoms with Crippen LogP contribution < -0.4 is 15.4 Å². The number of amides is 1. The Morgan fingerprint density at radius 1 is 1.12 bits per heavy atom. The predicted octanol–water partition coefficient (Wildman–Crippen LogP) is 3.93. The molecule has 24 heavy (non-hydrogen) atoms. The van der Waals surface area contributed by atoms with Crippen molar-refractivity contribution in [2.24, 2.45) is 0 Å². The van der Waals surface area contributed by atoms with Gasteiger partial charge in [-0.1, -0.05) is 19.1 Å². The molecular formula is C19H24N2O2S. The molecule has 0 heterocycles. The maximum atomic E-state index is 12.1. The summed E-state index contributed by atoms with van der Waals surface area (Å²) in [4.78, 5) is 13.2. The highest BCUT2D eigenvalue weighted by Gasteiger charge is 2.05. The number of thioether (sulfide) groups is 1. The zero-order valence-corrected chi connectivity index (χ0v) is 15.0. The van der Waals surface area contributed by atoms with Gasteiger partial charge in [0.25, 0.3) is 0 Å². The van der Waals surface area contributed by atoms with Gasteiger partial charge in [-0.3, -0.25) is 4.79 Å². The Labute approximate surface area is 148 Å². The van der Waals surface area contributed by atoms with Gasteiger partial charge in [0.2, 0.25) is 5.91 Å². The average molecular weight is 344 g/mol. The highest BCUT2D eigenvalue weighted by molar-refractivity contribution is 8.00. The van der Waals surface area contributed by atoms with Crippen molar-refractivity contribution in [3.05, 3.63) is 54.1 Å². The van der Waals surface area contributed by atoms with Gasteiger partial charge in [0.05, 0.1) is 12.4 Å². The van der Waals surface area contributed by atoms with Crippen molar-refractivity contribution in [3.63, 3.8) is 0 Å². The Morgan fingerprint density at radius 2 is 1.92 bits per heavy atom. The van der Waals surface area contributed by atoms with Crippen LogP contribution >= 0.6 is 11.8 Å². The van der Waals surface area contributed by atoms with E-state index in [2.05, 4.69) is 17.6 Å². The lowest BCUT2D eigenvalue weighted by molar-refractivity contribution is -0.113. The molecule has 0 aliphatic heterocycles. The van der Waals surface area contributed by atoms with Gasteiger partial charge in [0.1, 0.15) is 5.75 Å². The first-order valence-electron chi connectivity index (χ1n) is 8.16. The standard InChI is InChI=1S/C19H24N2O2S/c1-3-20-13-15-6-5-7-16(12-15)21-19(22)14-24-18-10-8-17(9-11-18)23-4-2/h5-12,20H,3-4,13-14H2,1-2H3,(H,21,22). The van der Waals surface area contributed by atoms with Crippen molar-refractivity contribution in [1.82, 2.24) is 5.32 Å². The Balaban J connectivity index is 1.82. The second kappa shape index (κ2) is 10.0. The Bertz CT molecular complexity index is 644. The number of anilines is 1. The summed E-state index contributed by atoms with van der Waals surface area (Å²) < 4.78 is 5.41. The van der Waals surface area contributed by atoms with Crippen LogP contribution in [0.3, 0.4) is 0 Å². The fourth-order valence-electron chi connectivity index (χ4n) is 2.17. The minimum absolute atomic E-state index is 0.00511. The van der Waals surface area contributed by atoms with Crippen LogP contribution in [-0.4, -0.2) is 24.8 Å². The minimum Gasteiger partial charge on any atom is -0.494 e. The van der Waals surface area contributed by atoms with Crippen molar-refractivity contribution >= 4 is 23.4 Å². The molecule has 0 aliphatic carbocycles. The monoisotopic (exact) mass is 344 g/mol. The number of carbonyl (C=O) groups is 1. The summed E-state index contributed by atoms with van der Waals surface area (Å²) in [7, 11) is 0. The third-order valence-corrected chi connectivity index (χ3v) is 4.31. The van der Waals surface area contributed by atoms with E-state index in [4.69, 9.17) is 4.74 Å². The van der Waals surface area contributed by atoms with E-state index in [1.54, 1.807) is 0 Å². The van der Waals surface area contributed by atoms with Gasteiger partial charge in [0.15, 0.2) is 0 Å². The van der Waals surface area contributed by atoms with Gasteiger partial charge in [-0.2, -0.15) is 0 Å². The number of hydrogen-bond donors (Lipinski definition) is 2. The molecule has 4 nitrogen and oxygen atoms in total. The molecule has 0 spiro atoms. The molecule has 1 amide bonds. The topological polar surface area (TPSA) is 50.4 Å². The number of rotatable bonds is 9. The Hall–Kier alpha value is -1.98. The SMILES string of the molecule is CCNCc1cccc(NC(=O)CSc2ccc(OCC)cc2)c1. The van der Waals surface area contributed by atoms with Crippen molar-refractivity contribution in [3.8, 4) is 5.75 Å². The van der Waals surface area contributed by atoms with Crippen LogP contribution in [0.1, 0.15) is 19.4 Å². The third kappa shape index (κ3) is 6.26. The molecule has 0 saturated heterocycles. The molecule has 2 aromatic carbocycles. The summed E-state index contributed by atoms with van der Waals surface area (Å²) in [6.07, 6.45) is 0. The molecule has 0 atom stereocenters. The number of ether oxygens (including phenoxy) is 1. The maximum absolute atomic E-state index is 12.1. The summed E-state index contributed by atoms with van der Waals surface area (Å²) in [6, 6.07) is 15.7. The first-order valence-corrected chi connectivity index (χ1v) is 9.15. The zero-order chi connectivity index (χ0) is 17.2. The smallest absolute Gasteiger partial charge is 0.234 e. The van der Waals surface area contributed by atoms with Crippen LogP contribution in [0.15, 0.2) is 53.4 Å². The molecule has 2 rings (SSSR count). The number of benzene rings is 2. The van der Waals surface area contributed by atoms with Crippen LogP contribution in [0.25, 0.3) is 0 Å². The molecule has 0 fully saturated rings. The van der Waals surface area contributed by atoms with Crippen LogP contribution in [-0.2, 0) is 11.3 Å². The van der Waals surface area contributed by atoms with E-state index in [9.17, 15) is 4.79 Å². The van der Waals surface area contributed by atoms with Gasteiger partial charge in [-0.05, 0) is 55.4 Å². The van der Waals surface area contributed by atoms with Gasteiger partial charge < -0.3 is 15.4 Å². The Kier molecular flexibility index (Phi) is 7.65. The normalized spacial score (nSPS) is 10.4. The quantitative estimate of drug-likeness (QED) is 0.677. The number of nitrogens with one attached hydrogen (secondary N) is 2. The summed E-state index contributed by atoms with van der Waals surface area (Å²) in [6.45, 7) is 6.42. The maximum Gasteiger partial charge on any atom is 0.234 e. The highest BCUT2D eigenvalue weighted by Crippen LogP contribution is 2.21. The van der Waals surface area contributed by atoms with Gasteiger partial charge in [0, 0.05) is 17.1 Å². The third-order valence-electron chi connectivity index (χ3n) is 3.29. The fraction of sp³-hybridized carbons (Fsp3) is 0.316. The van der Waals surface area contributed by atoms with Crippen LogP contribution in [0, 0.1) is 0 Å². The van der Waals surface area contributed by atoms with E-state index < -0.39 is 0 Å². The molecule has 128 valence electrons. The van der Waals surface area contributed by atoms with Gasteiger partial charge in [-0.15, -0.1) is 11.8 Å². The Morgan fingerprint density at radius 3 is 2.62 bits per heavy atom. The summed E-state index contributed by atoms with van der Waals surface area (Å²) in [5.74, 6) is 1.23. The van der Waals surface area contributed by atoms with Crippen molar-refractivity contribution in [2.75, 3.05) is 24.2 Å². The highest BCUT2D eigenvalue weighted by atomic mass is 32.2. The van der Waals surface area contributed by atoms with E-state index in [1.807, 2.05) is 55.5 Å². The van der Waals surface area contributed by atoms with Gasteiger partial charge in [-0.25, -0.2) is 0 Å². The van der Waals surface area contributed by atoms with Gasteiger partial charge >= 0.3 is 0 Å². The molecule has 0 saturated carbocycles. The first-order chi connectivity index (χ1) is 11.7. The average Bonchev–Trinajstić information content (AvgIpc) is 2.60. The van der Waals surface area contributed by atoms with Crippen molar-refractivity contribution < 1.29 is 9.53 Å². The van der Waals surface area contributed by atoms with Crippen molar-refractivity contribution in [1.29, 1.82) is 0 Å². The molecule has 2 aromatic rings.